The Morgan fingerprint density at radius 2 is 1.85 bits per heavy atom. The monoisotopic (exact) mass is 369 g/mol. The SMILES string of the molecule is Cl.NCc1ccc(-c2ccnc3nc(-c4ccccc4N)[nH]c23)cc1F. The van der Waals surface area contributed by atoms with E-state index in [1.165, 1.54) is 6.07 Å². The normalized spacial score (nSPS) is 10.7. The number of halogens is 2. The van der Waals surface area contributed by atoms with Crippen molar-refractivity contribution in [2.24, 2.45) is 5.73 Å². The topological polar surface area (TPSA) is 93.6 Å². The summed E-state index contributed by atoms with van der Waals surface area (Å²) in [5, 5.41) is 0. The smallest absolute Gasteiger partial charge is 0.178 e. The van der Waals surface area contributed by atoms with Gasteiger partial charge in [-0.15, -0.1) is 12.4 Å². The molecule has 7 heteroatoms. The summed E-state index contributed by atoms with van der Waals surface area (Å²) >= 11 is 0. The summed E-state index contributed by atoms with van der Waals surface area (Å²) in [6, 6.07) is 14.3. The maximum atomic E-state index is 14.1. The number of hydrogen-bond acceptors (Lipinski definition) is 4. The first-order valence-electron chi connectivity index (χ1n) is 7.86. The molecule has 0 atom stereocenters. The molecule has 0 amide bonds. The maximum Gasteiger partial charge on any atom is 0.178 e. The van der Waals surface area contributed by atoms with E-state index in [4.69, 9.17) is 11.5 Å². The molecule has 2 aromatic carbocycles. The Bertz CT molecular complexity index is 1080. The molecular weight excluding hydrogens is 353 g/mol. The van der Waals surface area contributed by atoms with Gasteiger partial charge in [0, 0.05) is 35.1 Å². The summed E-state index contributed by atoms with van der Waals surface area (Å²) in [4.78, 5) is 12.1. The van der Waals surface area contributed by atoms with Crippen LogP contribution in [0.4, 0.5) is 10.1 Å². The zero-order valence-electron chi connectivity index (χ0n) is 13.7. The van der Waals surface area contributed by atoms with Crippen molar-refractivity contribution in [1.82, 2.24) is 15.0 Å². The number of anilines is 1. The predicted octanol–water partition coefficient (Wildman–Crippen LogP) is 3.89. The van der Waals surface area contributed by atoms with Crippen LogP contribution in [0, 0.1) is 5.82 Å². The number of nitrogens with zero attached hydrogens (tertiary/aromatic N) is 2. The zero-order valence-corrected chi connectivity index (χ0v) is 14.6. The minimum absolute atomic E-state index is 0. The van der Waals surface area contributed by atoms with E-state index in [-0.39, 0.29) is 24.8 Å². The second-order valence-corrected chi connectivity index (χ2v) is 5.74. The molecule has 0 bridgehead atoms. The molecule has 0 aliphatic rings. The highest BCUT2D eigenvalue weighted by Gasteiger charge is 2.13. The van der Waals surface area contributed by atoms with Crippen molar-refractivity contribution in [1.29, 1.82) is 0 Å². The number of H-pyrrole nitrogens is 1. The highest BCUT2D eigenvalue weighted by molar-refractivity contribution is 5.92. The first-order valence-corrected chi connectivity index (χ1v) is 7.86. The van der Waals surface area contributed by atoms with Crippen LogP contribution in [-0.4, -0.2) is 15.0 Å². The quantitative estimate of drug-likeness (QED) is 0.477. The molecule has 0 saturated heterocycles. The lowest BCUT2D eigenvalue weighted by Crippen LogP contribution is -1.99. The lowest BCUT2D eigenvalue weighted by molar-refractivity contribution is 0.611. The number of nitrogens with one attached hydrogen (secondary N) is 1. The van der Waals surface area contributed by atoms with Gasteiger partial charge in [-0.3, -0.25) is 0 Å². The first-order chi connectivity index (χ1) is 12.2. The molecular formula is C19H17ClFN5. The first kappa shape index (κ1) is 17.8. The lowest BCUT2D eigenvalue weighted by atomic mass is 10.0. The molecule has 4 rings (SSSR count). The van der Waals surface area contributed by atoms with Crippen LogP contribution >= 0.6 is 12.4 Å². The van der Waals surface area contributed by atoms with Gasteiger partial charge in [-0.2, -0.15) is 0 Å². The third kappa shape index (κ3) is 3.00. The Morgan fingerprint density at radius 1 is 1.04 bits per heavy atom. The fourth-order valence-corrected chi connectivity index (χ4v) is 2.87. The van der Waals surface area contributed by atoms with E-state index in [2.05, 4.69) is 15.0 Å². The number of nitrogens with two attached hydrogens (primary N) is 2. The van der Waals surface area contributed by atoms with Crippen LogP contribution in [0.3, 0.4) is 0 Å². The summed E-state index contributed by atoms with van der Waals surface area (Å²) in [6.45, 7) is 0.166. The van der Waals surface area contributed by atoms with Gasteiger partial charge in [0.2, 0.25) is 0 Å². The second kappa shape index (κ2) is 7.11. The molecule has 5 N–H and O–H groups in total. The Kier molecular flexibility index (Phi) is 4.88. The Balaban J connectivity index is 0.00000196. The van der Waals surface area contributed by atoms with E-state index in [1.54, 1.807) is 12.3 Å². The van der Waals surface area contributed by atoms with Crippen LogP contribution in [0.2, 0.25) is 0 Å². The van der Waals surface area contributed by atoms with Crippen LogP contribution in [0.5, 0.6) is 0 Å². The molecule has 0 aliphatic heterocycles. The molecule has 0 fully saturated rings. The summed E-state index contributed by atoms with van der Waals surface area (Å²) in [5.41, 5.74) is 16.3. The second-order valence-electron chi connectivity index (χ2n) is 5.74. The lowest BCUT2D eigenvalue weighted by Gasteiger charge is -2.05. The van der Waals surface area contributed by atoms with E-state index in [0.29, 0.717) is 22.7 Å². The van der Waals surface area contributed by atoms with Crippen molar-refractivity contribution in [3.8, 4) is 22.5 Å². The van der Waals surface area contributed by atoms with Gasteiger partial charge in [0.05, 0.1) is 5.52 Å². The number of imidazole rings is 1. The van der Waals surface area contributed by atoms with Crippen LogP contribution < -0.4 is 11.5 Å². The van der Waals surface area contributed by atoms with Gasteiger partial charge in [0.15, 0.2) is 5.65 Å². The molecule has 2 aromatic heterocycles. The number of aromatic nitrogens is 3. The third-order valence-corrected chi connectivity index (χ3v) is 4.19. The molecule has 5 nitrogen and oxygen atoms in total. The van der Waals surface area contributed by atoms with Gasteiger partial charge in [0.25, 0.3) is 0 Å². The zero-order chi connectivity index (χ0) is 17.4. The van der Waals surface area contributed by atoms with Crippen molar-refractivity contribution < 1.29 is 4.39 Å². The van der Waals surface area contributed by atoms with E-state index in [9.17, 15) is 4.39 Å². The molecule has 0 radical (unpaired) electrons. The molecule has 0 saturated carbocycles. The molecule has 26 heavy (non-hydrogen) atoms. The highest BCUT2D eigenvalue weighted by Crippen LogP contribution is 2.31. The molecule has 4 aromatic rings. The minimum Gasteiger partial charge on any atom is -0.398 e. The molecule has 0 aliphatic carbocycles. The summed E-state index contributed by atoms with van der Waals surface area (Å²) in [7, 11) is 0. The number of rotatable bonds is 3. The van der Waals surface area contributed by atoms with Gasteiger partial charge >= 0.3 is 0 Å². The van der Waals surface area contributed by atoms with Crippen LogP contribution in [-0.2, 0) is 6.54 Å². The summed E-state index contributed by atoms with van der Waals surface area (Å²) < 4.78 is 14.1. The van der Waals surface area contributed by atoms with E-state index in [1.807, 2.05) is 36.4 Å². The van der Waals surface area contributed by atoms with Gasteiger partial charge < -0.3 is 16.5 Å². The Labute approximate surface area is 155 Å². The average Bonchev–Trinajstić information content (AvgIpc) is 3.06. The molecule has 0 spiro atoms. The molecule has 0 unspecified atom stereocenters. The third-order valence-electron chi connectivity index (χ3n) is 4.19. The Hall–Kier alpha value is -2.96. The van der Waals surface area contributed by atoms with Gasteiger partial charge in [-0.05, 0) is 29.8 Å². The van der Waals surface area contributed by atoms with Crippen molar-refractivity contribution in [2.75, 3.05) is 5.73 Å². The summed E-state index contributed by atoms with van der Waals surface area (Å²) in [5.74, 6) is 0.309. The van der Waals surface area contributed by atoms with E-state index in [0.717, 1.165) is 22.2 Å². The number of aromatic amines is 1. The van der Waals surface area contributed by atoms with E-state index < -0.39 is 0 Å². The summed E-state index contributed by atoms with van der Waals surface area (Å²) in [6.07, 6.45) is 1.66. The number of hydrogen-bond donors (Lipinski definition) is 3. The maximum absolute atomic E-state index is 14.1. The largest absolute Gasteiger partial charge is 0.398 e. The fourth-order valence-electron chi connectivity index (χ4n) is 2.87. The minimum atomic E-state index is -0.322. The molecule has 132 valence electrons. The van der Waals surface area contributed by atoms with Gasteiger partial charge in [-0.1, -0.05) is 24.3 Å². The fraction of sp³-hybridized carbons (Fsp3) is 0.0526. The standard InChI is InChI=1S/C19H16FN5.ClH/c20-15-9-11(5-6-12(15)10-21)13-7-8-23-19-17(13)24-18(25-19)14-3-1-2-4-16(14)22;/h1-9H,10,21-22H2,(H,23,24,25);1H. The van der Waals surface area contributed by atoms with Crippen LogP contribution in [0.15, 0.2) is 54.7 Å². The van der Waals surface area contributed by atoms with Crippen molar-refractivity contribution in [3.63, 3.8) is 0 Å². The van der Waals surface area contributed by atoms with Crippen molar-refractivity contribution >= 4 is 29.3 Å². The van der Waals surface area contributed by atoms with Gasteiger partial charge in [-0.25, -0.2) is 14.4 Å². The van der Waals surface area contributed by atoms with E-state index >= 15 is 0 Å². The number of fused-ring (bicyclic) bond motifs is 1. The Morgan fingerprint density at radius 3 is 2.58 bits per heavy atom. The van der Waals surface area contributed by atoms with Crippen molar-refractivity contribution in [2.45, 2.75) is 6.54 Å². The average molecular weight is 370 g/mol. The predicted molar refractivity (Wildman–Crippen MR) is 104 cm³/mol. The highest BCUT2D eigenvalue weighted by atomic mass is 35.5. The molecule has 2 heterocycles. The number of para-hydroxylation sites is 1. The number of benzene rings is 2. The number of pyridine rings is 1. The van der Waals surface area contributed by atoms with Crippen LogP contribution in [0.25, 0.3) is 33.7 Å². The number of nitrogen functional groups attached to an aromatic ring is 1. The van der Waals surface area contributed by atoms with Gasteiger partial charge in [0.1, 0.15) is 11.6 Å². The van der Waals surface area contributed by atoms with Crippen molar-refractivity contribution in [3.05, 3.63) is 66.1 Å². The van der Waals surface area contributed by atoms with Crippen LogP contribution in [0.1, 0.15) is 5.56 Å².